The molecule has 0 unspecified atom stereocenters. The first-order valence-corrected chi connectivity index (χ1v) is 7.60. The Balaban J connectivity index is 2.45. The monoisotopic (exact) mass is 261 g/mol. The molecule has 0 radical (unpaired) electrons. The van der Waals surface area contributed by atoms with Crippen LogP contribution in [0.4, 0.5) is 0 Å². The molecule has 108 valence electrons. The SMILES string of the molecule is CC(C)(C)CCCCC1=CC=CN=C(C(C)(C)C)C1. The third kappa shape index (κ3) is 6.75. The van der Waals surface area contributed by atoms with Gasteiger partial charge in [0.1, 0.15) is 0 Å². The largest absolute Gasteiger partial charge is 0.265 e. The van der Waals surface area contributed by atoms with Crippen molar-refractivity contribution in [3.05, 3.63) is 23.9 Å². The van der Waals surface area contributed by atoms with Crippen LogP contribution in [0.5, 0.6) is 0 Å². The predicted octanol–water partition coefficient (Wildman–Crippen LogP) is 5.92. The maximum Gasteiger partial charge on any atom is 0.0273 e. The van der Waals surface area contributed by atoms with E-state index in [0.717, 1.165) is 6.42 Å². The molecule has 1 nitrogen and oxygen atoms in total. The molecule has 0 aromatic rings. The van der Waals surface area contributed by atoms with Gasteiger partial charge in [-0.3, -0.25) is 4.99 Å². The summed E-state index contributed by atoms with van der Waals surface area (Å²) in [5.74, 6) is 0. The summed E-state index contributed by atoms with van der Waals surface area (Å²) in [5.41, 5.74) is 3.49. The number of aliphatic imine (C=N–C) groups is 1. The smallest absolute Gasteiger partial charge is 0.0273 e. The fourth-order valence-corrected chi connectivity index (χ4v) is 2.27. The maximum absolute atomic E-state index is 4.60. The molecule has 1 heterocycles. The quantitative estimate of drug-likeness (QED) is 0.557. The fourth-order valence-electron chi connectivity index (χ4n) is 2.27. The summed E-state index contributed by atoms with van der Waals surface area (Å²) in [6.45, 7) is 13.7. The van der Waals surface area contributed by atoms with E-state index >= 15 is 0 Å². The Labute approximate surface area is 119 Å². The van der Waals surface area contributed by atoms with Crippen LogP contribution in [0, 0.1) is 10.8 Å². The zero-order chi connectivity index (χ0) is 14.5. The lowest BCUT2D eigenvalue weighted by molar-refractivity contribution is 0.360. The summed E-state index contributed by atoms with van der Waals surface area (Å²) >= 11 is 0. The zero-order valence-electron chi connectivity index (χ0n) is 13.7. The highest BCUT2D eigenvalue weighted by Crippen LogP contribution is 2.27. The van der Waals surface area contributed by atoms with Crippen LogP contribution < -0.4 is 0 Å². The first-order valence-electron chi connectivity index (χ1n) is 7.60. The summed E-state index contributed by atoms with van der Waals surface area (Å²) < 4.78 is 0. The summed E-state index contributed by atoms with van der Waals surface area (Å²) in [6, 6.07) is 0. The van der Waals surface area contributed by atoms with Crippen LogP contribution in [0.25, 0.3) is 0 Å². The van der Waals surface area contributed by atoms with Gasteiger partial charge in [0.15, 0.2) is 0 Å². The van der Waals surface area contributed by atoms with Crippen molar-refractivity contribution in [2.24, 2.45) is 15.8 Å². The molecule has 1 rings (SSSR count). The Bertz CT molecular complexity index is 369. The van der Waals surface area contributed by atoms with Gasteiger partial charge in [0.25, 0.3) is 0 Å². The van der Waals surface area contributed by atoms with Gasteiger partial charge in [-0.05, 0) is 30.8 Å². The van der Waals surface area contributed by atoms with Crippen LogP contribution >= 0.6 is 0 Å². The lowest BCUT2D eigenvalue weighted by Gasteiger charge is -2.22. The van der Waals surface area contributed by atoms with Crippen molar-refractivity contribution in [1.82, 2.24) is 0 Å². The molecule has 1 aliphatic rings. The molecule has 0 bridgehead atoms. The summed E-state index contributed by atoms with van der Waals surface area (Å²) in [7, 11) is 0. The molecule has 0 aromatic carbocycles. The van der Waals surface area contributed by atoms with E-state index in [2.05, 4.69) is 58.7 Å². The van der Waals surface area contributed by atoms with Gasteiger partial charge in [-0.2, -0.15) is 0 Å². The van der Waals surface area contributed by atoms with E-state index in [0.29, 0.717) is 5.41 Å². The molecule has 0 atom stereocenters. The molecular weight excluding hydrogens is 230 g/mol. The average molecular weight is 261 g/mol. The number of unbranched alkanes of at least 4 members (excludes halogenated alkanes) is 1. The number of allylic oxidation sites excluding steroid dienone is 3. The van der Waals surface area contributed by atoms with Crippen molar-refractivity contribution in [2.75, 3.05) is 0 Å². The van der Waals surface area contributed by atoms with Gasteiger partial charge in [0, 0.05) is 23.7 Å². The number of hydrogen-bond acceptors (Lipinski definition) is 1. The Hall–Kier alpha value is -0.850. The van der Waals surface area contributed by atoms with Gasteiger partial charge < -0.3 is 0 Å². The van der Waals surface area contributed by atoms with Crippen LogP contribution in [-0.2, 0) is 0 Å². The predicted molar refractivity (Wildman–Crippen MR) is 86.7 cm³/mol. The summed E-state index contributed by atoms with van der Waals surface area (Å²) in [5, 5.41) is 0. The van der Waals surface area contributed by atoms with E-state index < -0.39 is 0 Å². The summed E-state index contributed by atoms with van der Waals surface area (Å²) in [4.78, 5) is 4.60. The second kappa shape index (κ2) is 6.54. The maximum atomic E-state index is 4.60. The molecule has 0 spiro atoms. The summed E-state index contributed by atoms with van der Waals surface area (Å²) in [6.07, 6.45) is 12.5. The number of hydrogen-bond donors (Lipinski definition) is 0. The van der Waals surface area contributed by atoms with Crippen molar-refractivity contribution in [1.29, 1.82) is 0 Å². The second-order valence-corrected chi connectivity index (χ2v) is 7.94. The van der Waals surface area contributed by atoms with Crippen LogP contribution in [-0.4, -0.2) is 5.71 Å². The van der Waals surface area contributed by atoms with Gasteiger partial charge in [0.05, 0.1) is 0 Å². The molecule has 0 fully saturated rings. The van der Waals surface area contributed by atoms with Crippen molar-refractivity contribution in [3.63, 3.8) is 0 Å². The van der Waals surface area contributed by atoms with E-state index in [1.54, 1.807) is 0 Å². The highest BCUT2D eigenvalue weighted by Gasteiger charge is 2.20. The highest BCUT2D eigenvalue weighted by molar-refractivity contribution is 5.91. The average Bonchev–Trinajstić information content (AvgIpc) is 2.47. The molecule has 0 aliphatic carbocycles. The van der Waals surface area contributed by atoms with E-state index in [-0.39, 0.29) is 5.41 Å². The minimum atomic E-state index is 0.180. The number of rotatable bonds is 4. The van der Waals surface area contributed by atoms with E-state index in [9.17, 15) is 0 Å². The fraction of sp³-hybridized carbons (Fsp3) is 0.722. The van der Waals surface area contributed by atoms with E-state index in [4.69, 9.17) is 0 Å². The van der Waals surface area contributed by atoms with Gasteiger partial charge in [-0.1, -0.05) is 59.6 Å². The topological polar surface area (TPSA) is 12.4 Å². The van der Waals surface area contributed by atoms with Crippen molar-refractivity contribution >= 4 is 5.71 Å². The lowest BCUT2D eigenvalue weighted by Crippen LogP contribution is -2.20. The molecule has 0 saturated carbocycles. The molecule has 1 aliphatic heterocycles. The normalized spacial score (nSPS) is 16.9. The highest BCUT2D eigenvalue weighted by atomic mass is 14.7. The first kappa shape index (κ1) is 16.2. The molecule has 0 aromatic heterocycles. The van der Waals surface area contributed by atoms with Gasteiger partial charge in [0.2, 0.25) is 0 Å². The van der Waals surface area contributed by atoms with Crippen LogP contribution in [0.2, 0.25) is 0 Å². The minimum Gasteiger partial charge on any atom is -0.265 e. The molecule has 0 amide bonds. The first-order chi connectivity index (χ1) is 8.68. The Morgan fingerprint density at radius 1 is 1.05 bits per heavy atom. The van der Waals surface area contributed by atoms with Crippen molar-refractivity contribution < 1.29 is 0 Å². The molecule has 0 N–H and O–H groups in total. The minimum absolute atomic E-state index is 0.180. The van der Waals surface area contributed by atoms with Crippen LogP contribution in [0.3, 0.4) is 0 Å². The second-order valence-electron chi connectivity index (χ2n) is 7.94. The van der Waals surface area contributed by atoms with Gasteiger partial charge in [-0.25, -0.2) is 0 Å². The molecule has 19 heavy (non-hydrogen) atoms. The van der Waals surface area contributed by atoms with Crippen LogP contribution in [0.15, 0.2) is 28.9 Å². The Morgan fingerprint density at radius 3 is 2.32 bits per heavy atom. The van der Waals surface area contributed by atoms with E-state index in [1.165, 1.54) is 37.0 Å². The molecule has 0 saturated heterocycles. The van der Waals surface area contributed by atoms with E-state index in [1.807, 2.05) is 6.20 Å². The molecule has 1 heteroatoms. The zero-order valence-corrected chi connectivity index (χ0v) is 13.7. The third-order valence-corrected chi connectivity index (χ3v) is 3.58. The van der Waals surface area contributed by atoms with Gasteiger partial charge >= 0.3 is 0 Å². The molecular formula is C18H31N. The van der Waals surface area contributed by atoms with Crippen LogP contribution in [0.1, 0.15) is 73.6 Å². The van der Waals surface area contributed by atoms with Crippen molar-refractivity contribution in [3.8, 4) is 0 Å². The lowest BCUT2D eigenvalue weighted by atomic mass is 9.84. The van der Waals surface area contributed by atoms with Crippen molar-refractivity contribution in [2.45, 2.75) is 73.6 Å². The Morgan fingerprint density at radius 2 is 1.74 bits per heavy atom. The standard InChI is InChI=1S/C18H31N/c1-17(2,3)12-8-7-10-15-11-9-13-19-16(14-15)18(4,5)6/h9,11,13H,7-8,10,12,14H2,1-6H3. The third-order valence-electron chi connectivity index (χ3n) is 3.58. The number of nitrogens with zero attached hydrogens (tertiary/aromatic N) is 1. The Kier molecular flexibility index (Phi) is 5.58. The van der Waals surface area contributed by atoms with Gasteiger partial charge in [-0.15, -0.1) is 0 Å².